The van der Waals surface area contributed by atoms with E-state index in [9.17, 15) is 8.42 Å². The first-order valence-electron chi connectivity index (χ1n) is 6.65. The van der Waals surface area contributed by atoms with E-state index in [1.165, 1.54) is 0 Å². The molecule has 1 aliphatic rings. The molecule has 0 N–H and O–H groups in total. The molecule has 1 fully saturated rings. The van der Waals surface area contributed by atoms with Crippen molar-refractivity contribution in [3.63, 3.8) is 0 Å². The Morgan fingerprint density at radius 2 is 1.05 bits per heavy atom. The summed E-state index contributed by atoms with van der Waals surface area (Å²) >= 11 is 13.1. The van der Waals surface area contributed by atoms with Crippen LogP contribution in [0.1, 0.15) is 24.0 Å². The van der Waals surface area contributed by atoms with Gasteiger partial charge in [0.1, 0.15) is 0 Å². The van der Waals surface area contributed by atoms with Gasteiger partial charge in [-0.3, -0.25) is 0 Å². The minimum atomic E-state index is -3.80. The maximum atomic E-state index is 13.1. The number of benzene rings is 2. The van der Waals surface area contributed by atoms with Crippen LogP contribution in [0.25, 0.3) is 0 Å². The summed E-state index contributed by atoms with van der Waals surface area (Å²) in [5, 5.41) is 0. The van der Waals surface area contributed by atoms with Crippen LogP contribution in [0.5, 0.6) is 0 Å². The van der Waals surface area contributed by atoms with E-state index in [0.717, 1.165) is 0 Å². The first-order chi connectivity index (χ1) is 9.92. The van der Waals surface area contributed by atoms with Crippen LogP contribution in [0.4, 0.5) is 0 Å². The van der Waals surface area contributed by atoms with Crippen LogP contribution in [0.2, 0.25) is 0 Å². The number of rotatable bonds is 2. The second kappa shape index (κ2) is 5.01. The van der Waals surface area contributed by atoms with Gasteiger partial charge in [-0.05, 0) is 24.0 Å². The average Bonchev–Trinajstić information content (AvgIpc) is 2.71. The third kappa shape index (κ3) is 2.02. The zero-order valence-electron chi connectivity index (χ0n) is 11.2. The largest absolute Gasteiger partial charge is 0.224 e. The Bertz CT molecular complexity index is 687. The molecule has 2 atom stereocenters. The molecule has 0 bridgehead atoms. The summed E-state index contributed by atoms with van der Waals surface area (Å²) in [4.78, 5) is 0. The molecule has 0 aliphatic carbocycles. The van der Waals surface area contributed by atoms with Gasteiger partial charge in [-0.2, -0.15) is 0 Å². The van der Waals surface area contributed by atoms with Gasteiger partial charge in [0, 0.05) is 0 Å². The van der Waals surface area contributed by atoms with Gasteiger partial charge in [-0.15, -0.1) is 0 Å². The molecule has 110 valence electrons. The fourth-order valence-corrected chi connectivity index (χ4v) is 6.32. The van der Waals surface area contributed by atoms with E-state index in [1.807, 2.05) is 12.1 Å². The van der Waals surface area contributed by atoms with E-state index in [-0.39, 0.29) is 0 Å². The van der Waals surface area contributed by atoms with Crippen LogP contribution in [-0.2, 0) is 18.2 Å². The highest BCUT2D eigenvalue weighted by atomic mass is 35.5. The summed E-state index contributed by atoms with van der Waals surface area (Å²) < 4.78 is 23.2. The molecule has 21 heavy (non-hydrogen) atoms. The minimum absolute atomic E-state index is 0.291. The van der Waals surface area contributed by atoms with Gasteiger partial charge in [-0.1, -0.05) is 83.9 Å². The van der Waals surface area contributed by atoms with E-state index in [0.29, 0.717) is 24.0 Å². The summed E-state index contributed by atoms with van der Waals surface area (Å²) in [5.41, 5.74) is 1.15. The Hall–Kier alpha value is -1.03. The molecule has 2 aromatic rings. The topological polar surface area (TPSA) is 34.1 Å². The predicted octanol–water partition coefficient (Wildman–Crippen LogP) is 4.38. The van der Waals surface area contributed by atoms with Crippen molar-refractivity contribution in [2.75, 3.05) is 0 Å². The maximum Gasteiger partial charge on any atom is 0.197 e. The lowest BCUT2D eigenvalue weighted by Crippen LogP contribution is -2.34. The lowest BCUT2D eigenvalue weighted by molar-refractivity contribution is 0.574. The van der Waals surface area contributed by atoms with Crippen LogP contribution >= 0.6 is 23.2 Å². The van der Waals surface area contributed by atoms with Crippen molar-refractivity contribution < 1.29 is 8.42 Å². The Kier molecular flexibility index (Phi) is 3.55. The number of halogens is 2. The van der Waals surface area contributed by atoms with Gasteiger partial charge in [0.15, 0.2) is 18.2 Å². The van der Waals surface area contributed by atoms with Crippen LogP contribution in [0.3, 0.4) is 0 Å². The Morgan fingerprint density at radius 1 is 0.714 bits per heavy atom. The third-order valence-electron chi connectivity index (χ3n) is 4.03. The second-order valence-electron chi connectivity index (χ2n) is 5.19. The molecule has 2 unspecified atom stereocenters. The van der Waals surface area contributed by atoms with Crippen LogP contribution in [0, 0.1) is 0 Å². The summed E-state index contributed by atoms with van der Waals surface area (Å²) in [6, 6.07) is 17.7. The third-order valence-corrected chi connectivity index (χ3v) is 8.65. The monoisotopic (exact) mass is 340 g/mol. The molecule has 0 saturated carbocycles. The minimum Gasteiger partial charge on any atom is -0.224 e. The molecule has 0 spiro atoms. The molecule has 0 radical (unpaired) electrons. The van der Waals surface area contributed by atoms with E-state index < -0.39 is 18.2 Å². The molecule has 2 aromatic carbocycles. The van der Waals surface area contributed by atoms with Crippen molar-refractivity contribution in [1.82, 2.24) is 0 Å². The van der Waals surface area contributed by atoms with Crippen molar-refractivity contribution in [2.45, 2.75) is 21.3 Å². The molecule has 1 aliphatic heterocycles. The van der Waals surface area contributed by atoms with Gasteiger partial charge in [0.2, 0.25) is 0 Å². The normalized spacial score (nSPS) is 31.1. The van der Waals surface area contributed by atoms with E-state index >= 15 is 0 Å². The number of hydrogen-bond acceptors (Lipinski definition) is 2. The van der Waals surface area contributed by atoms with Crippen LogP contribution < -0.4 is 0 Å². The molecule has 0 aromatic heterocycles. The zero-order chi connectivity index (χ0) is 15.1. The fraction of sp³-hybridized carbons (Fsp3) is 0.250. The lowest BCUT2D eigenvalue weighted by Gasteiger charge is -2.27. The van der Waals surface area contributed by atoms with Gasteiger partial charge in [0.05, 0.1) is 0 Å². The molecule has 1 saturated heterocycles. The fourth-order valence-electron chi connectivity index (χ4n) is 2.82. The van der Waals surface area contributed by atoms with Gasteiger partial charge in [-0.25, -0.2) is 8.42 Å². The van der Waals surface area contributed by atoms with Crippen LogP contribution in [0.15, 0.2) is 60.7 Å². The van der Waals surface area contributed by atoms with Crippen molar-refractivity contribution in [2.24, 2.45) is 0 Å². The van der Waals surface area contributed by atoms with Crippen molar-refractivity contribution in [3.8, 4) is 0 Å². The Balaban J connectivity index is 2.15. The lowest BCUT2D eigenvalue weighted by atomic mass is 10.0. The first-order valence-corrected chi connectivity index (χ1v) is 8.89. The average molecular weight is 341 g/mol. The van der Waals surface area contributed by atoms with Gasteiger partial charge in [0.25, 0.3) is 0 Å². The van der Waals surface area contributed by atoms with E-state index in [4.69, 9.17) is 23.2 Å². The molecule has 2 nitrogen and oxygen atoms in total. The molecular weight excluding hydrogens is 327 g/mol. The summed E-state index contributed by atoms with van der Waals surface area (Å²) in [5.74, 6) is 0. The van der Waals surface area contributed by atoms with Crippen LogP contribution in [-0.4, -0.2) is 8.42 Å². The van der Waals surface area contributed by atoms with E-state index in [2.05, 4.69) is 0 Å². The highest BCUT2D eigenvalue weighted by Crippen LogP contribution is 2.59. The number of hydrogen-bond donors (Lipinski definition) is 0. The Labute approximate surface area is 134 Å². The highest BCUT2D eigenvalue weighted by Gasteiger charge is 2.62. The Morgan fingerprint density at radius 3 is 1.38 bits per heavy atom. The second-order valence-corrected chi connectivity index (χ2v) is 9.33. The van der Waals surface area contributed by atoms with Gasteiger partial charge >= 0.3 is 0 Å². The number of sulfone groups is 1. The predicted molar refractivity (Wildman–Crippen MR) is 86.1 cm³/mol. The summed E-state index contributed by atoms with van der Waals surface area (Å²) in [7, 11) is -3.80. The zero-order valence-corrected chi connectivity index (χ0v) is 13.5. The van der Waals surface area contributed by atoms with Crippen molar-refractivity contribution in [3.05, 3.63) is 71.8 Å². The first kappa shape index (κ1) is 14.9. The van der Waals surface area contributed by atoms with Crippen molar-refractivity contribution in [1.29, 1.82) is 0 Å². The highest BCUT2D eigenvalue weighted by molar-refractivity contribution is 7.96. The number of alkyl halides is 2. The maximum absolute atomic E-state index is 13.1. The molecule has 0 amide bonds. The molecular formula is C16H14Cl2O2S. The van der Waals surface area contributed by atoms with Gasteiger partial charge < -0.3 is 0 Å². The quantitative estimate of drug-likeness (QED) is 0.760. The smallest absolute Gasteiger partial charge is 0.197 e. The molecule has 1 heterocycles. The SMILES string of the molecule is O=S1(=O)C(Cl)(c2ccccc2)CCC1(Cl)c1ccccc1. The summed E-state index contributed by atoms with van der Waals surface area (Å²) in [6.07, 6.45) is 0.582. The standard InChI is InChI=1S/C16H14Cl2O2S/c17-15(13-7-3-1-4-8-13)11-12-16(18,21(15,19)20)14-9-5-2-6-10-14/h1-10H,11-12H2. The summed E-state index contributed by atoms with van der Waals surface area (Å²) in [6.45, 7) is 0. The van der Waals surface area contributed by atoms with E-state index in [1.54, 1.807) is 48.5 Å². The molecule has 5 heteroatoms. The molecule has 3 rings (SSSR count). The van der Waals surface area contributed by atoms with Crippen molar-refractivity contribution >= 4 is 33.0 Å².